The minimum atomic E-state index is -1.03. The second-order valence-electron chi connectivity index (χ2n) is 10.9. The summed E-state index contributed by atoms with van der Waals surface area (Å²) in [6.45, 7) is 16.0. The van der Waals surface area contributed by atoms with E-state index < -0.39 is 47.0 Å². The number of rotatable bonds is 14. The van der Waals surface area contributed by atoms with Crippen molar-refractivity contribution < 1.29 is 38.1 Å². The van der Waals surface area contributed by atoms with Gasteiger partial charge in [-0.25, -0.2) is 0 Å². The number of carbonyl (C=O) groups is 4. The predicted molar refractivity (Wildman–Crippen MR) is 144 cm³/mol. The third-order valence-corrected chi connectivity index (χ3v) is 6.78. The standard InChI is InChI=1S/C29H45NO8/c1-10-13-24(31)35-18(4)19(5)36-25(32)21(30)16-20-14-15-22(37-26(33)28(6,7)11-2)23(17-20)38-27(34)29(8,9)12-3/h14-15,17-19,21H,10-13,16,30H2,1-9H3/t18?,19-,21-/m0/s1. The molecule has 3 atom stereocenters. The summed E-state index contributed by atoms with van der Waals surface area (Å²) >= 11 is 0. The molecule has 0 bridgehead atoms. The van der Waals surface area contributed by atoms with Crippen molar-refractivity contribution in [1.82, 2.24) is 0 Å². The molecular weight excluding hydrogens is 490 g/mol. The first kappa shape index (κ1) is 33.1. The molecule has 0 spiro atoms. The molecule has 214 valence electrons. The summed E-state index contributed by atoms with van der Waals surface area (Å²) in [7, 11) is 0. The first-order valence-electron chi connectivity index (χ1n) is 13.3. The number of hydrogen-bond acceptors (Lipinski definition) is 9. The molecule has 0 saturated heterocycles. The number of hydrogen-bond donors (Lipinski definition) is 1. The van der Waals surface area contributed by atoms with Crippen LogP contribution in [0.4, 0.5) is 0 Å². The Kier molecular flexibility index (Phi) is 12.4. The lowest BCUT2D eigenvalue weighted by Gasteiger charge is -2.24. The zero-order valence-corrected chi connectivity index (χ0v) is 24.3. The van der Waals surface area contributed by atoms with E-state index >= 15 is 0 Å². The van der Waals surface area contributed by atoms with Crippen LogP contribution in [0, 0.1) is 10.8 Å². The van der Waals surface area contributed by atoms with Gasteiger partial charge in [-0.3, -0.25) is 19.2 Å². The van der Waals surface area contributed by atoms with Gasteiger partial charge in [-0.1, -0.05) is 26.8 Å². The third-order valence-electron chi connectivity index (χ3n) is 6.78. The van der Waals surface area contributed by atoms with Crippen LogP contribution in [0.5, 0.6) is 11.5 Å². The van der Waals surface area contributed by atoms with E-state index in [2.05, 4.69) is 0 Å². The van der Waals surface area contributed by atoms with E-state index in [-0.39, 0.29) is 30.3 Å². The van der Waals surface area contributed by atoms with Crippen molar-refractivity contribution in [2.75, 3.05) is 0 Å². The average Bonchev–Trinajstić information content (AvgIpc) is 2.85. The van der Waals surface area contributed by atoms with Gasteiger partial charge < -0.3 is 24.7 Å². The molecule has 1 rings (SSSR count). The molecule has 0 amide bonds. The van der Waals surface area contributed by atoms with Crippen molar-refractivity contribution in [3.05, 3.63) is 23.8 Å². The summed E-state index contributed by atoms with van der Waals surface area (Å²) < 4.78 is 21.9. The van der Waals surface area contributed by atoms with Crippen LogP contribution in [0.25, 0.3) is 0 Å². The second kappa shape index (κ2) is 14.3. The lowest BCUT2D eigenvalue weighted by Crippen LogP contribution is -2.39. The van der Waals surface area contributed by atoms with Crippen LogP contribution in [0.1, 0.15) is 93.6 Å². The molecule has 0 aliphatic rings. The largest absolute Gasteiger partial charge is 0.459 e. The smallest absolute Gasteiger partial charge is 0.323 e. The van der Waals surface area contributed by atoms with Crippen LogP contribution in [-0.2, 0) is 35.1 Å². The molecule has 1 aromatic rings. The van der Waals surface area contributed by atoms with Gasteiger partial charge in [0.1, 0.15) is 18.2 Å². The molecule has 9 nitrogen and oxygen atoms in total. The predicted octanol–water partition coefficient (Wildman–Crippen LogP) is 4.90. The fraction of sp³-hybridized carbons (Fsp3) is 0.655. The van der Waals surface area contributed by atoms with Crippen molar-refractivity contribution >= 4 is 23.9 Å². The van der Waals surface area contributed by atoms with Gasteiger partial charge in [0.25, 0.3) is 0 Å². The summed E-state index contributed by atoms with van der Waals surface area (Å²) in [6.07, 6.45) is 0.815. The lowest BCUT2D eigenvalue weighted by molar-refractivity contribution is -0.166. The first-order chi connectivity index (χ1) is 17.6. The Labute approximate surface area is 226 Å². The SMILES string of the molecule is CCCC(=O)OC(C)[C@H](C)OC(=O)[C@@H](N)Cc1ccc(OC(=O)C(C)(C)CC)c(OC(=O)C(C)(C)CC)c1. The van der Waals surface area contributed by atoms with Gasteiger partial charge in [-0.05, 0) is 84.9 Å². The Morgan fingerprint density at radius 3 is 1.82 bits per heavy atom. The van der Waals surface area contributed by atoms with Gasteiger partial charge in [0.2, 0.25) is 0 Å². The molecule has 0 aliphatic carbocycles. The van der Waals surface area contributed by atoms with Crippen molar-refractivity contribution in [3.63, 3.8) is 0 Å². The van der Waals surface area contributed by atoms with Crippen LogP contribution in [-0.4, -0.2) is 42.1 Å². The van der Waals surface area contributed by atoms with Crippen molar-refractivity contribution in [1.29, 1.82) is 0 Å². The Bertz CT molecular complexity index is 985. The molecule has 0 fully saturated rings. The second-order valence-corrected chi connectivity index (χ2v) is 10.9. The Hall–Kier alpha value is -2.94. The van der Waals surface area contributed by atoms with Crippen molar-refractivity contribution in [2.24, 2.45) is 16.6 Å². The molecule has 1 unspecified atom stereocenters. The Morgan fingerprint density at radius 2 is 1.32 bits per heavy atom. The van der Waals surface area contributed by atoms with Crippen molar-refractivity contribution in [3.8, 4) is 11.5 Å². The number of esters is 4. The molecule has 0 aromatic heterocycles. The monoisotopic (exact) mass is 535 g/mol. The van der Waals surface area contributed by atoms with Crippen LogP contribution in [0.2, 0.25) is 0 Å². The summed E-state index contributed by atoms with van der Waals surface area (Å²) in [5.74, 6) is -1.78. The van der Waals surface area contributed by atoms with Gasteiger partial charge in [0.15, 0.2) is 11.5 Å². The number of carbonyl (C=O) groups excluding carboxylic acids is 4. The van der Waals surface area contributed by atoms with Gasteiger partial charge >= 0.3 is 23.9 Å². The third kappa shape index (κ3) is 9.74. The highest BCUT2D eigenvalue weighted by Crippen LogP contribution is 2.34. The molecule has 0 aliphatic heterocycles. The fourth-order valence-corrected chi connectivity index (χ4v) is 2.88. The average molecular weight is 536 g/mol. The maximum atomic E-state index is 12.8. The summed E-state index contributed by atoms with van der Waals surface area (Å²) in [5.41, 5.74) is 5.20. The summed E-state index contributed by atoms with van der Waals surface area (Å²) in [6, 6.07) is 3.68. The lowest BCUT2D eigenvalue weighted by atomic mass is 9.90. The van der Waals surface area contributed by atoms with E-state index in [1.165, 1.54) is 12.1 Å². The topological polar surface area (TPSA) is 131 Å². The van der Waals surface area contributed by atoms with Crippen LogP contribution in [0.3, 0.4) is 0 Å². The molecule has 0 radical (unpaired) electrons. The Balaban J connectivity index is 3.08. The molecule has 1 aromatic carbocycles. The fourth-order valence-electron chi connectivity index (χ4n) is 2.88. The molecule has 2 N–H and O–H groups in total. The zero-order valence-electron chi connectivity index (χ0n) is 24.3. The molecule has 0 saturated carbocycles. The van der Waals surface area contributed by atoms with Crippen molar-refractivity contribution in [2.45, 2.75) is 113 Å². The maximum absolute atomic E-state index is 12.8. The van der Waals surface area contributed by atoms with E-state index in [9.17, 15) is 19.2 Å². The number of ether oxygens (including phenoxy) is 4. The molecular formula is C29H45NO8. The Morgan fingerprint density at radius 1 is 0.816 bits per heavy atom. The number of benzene rings is 1. The zero-order chi connectivity index (χ0) is 29.3. The normalized spacial score (nSPS) is 14.2. The van der Waals surface area contributed by atoms with Crippen LogP contribution >= 0.6 is 0 Å². The van der Waals surface area contributed by atoms with E-state index in [4.69, 9.17) is 24.7 Å². The first-order valence-corrected chi connectivity index (χ1v) is 13.3. The number of nitrogens with two attached hydrogens (primary N) is 1. The molecule has 9 heteroatoms. The maximum Gasteiger partial charge on any atom is 0.323 e. The van der Waals surface area contributed by atoms with E-state index in [1.807, 2.05) is 20.8 Å². The minimum absolute atomic E-state index is 0.0691. The molecule has 0 heterocycles. The van der Waals surface area contributed by atoms with Gasteiger partial charge in [0.05, 0.1) is 10.8 Å². The highest BCUT2D eigenvalue weighted by Gasteiger charge is 2.32. The summed E-state index contributed by atoms with van der Waals surface area (Å²) in [4.78, 5) is 49.8. The van der Waals surface area contributed by atoms with E-state index in [0.29, 0.717) is 24.8 Å². The highest BCUT2D eigenvalue weighted by atomic mass is 16.6. The summed E-state index contributed by atoms with van der Waals surface area (Å²) in [5, 5.41) is 0. The molecule has 38 heavy (non-hydrogen) atoms. The van der Waals surface area contributed by atoms with E-state index in [1.54, 1.807) is 47.6 Å². The minimum Gasteiger partial charge on any atom is -0.459 e. The van der Waals surface area contributed by atoms with Crippen LogP contribution in [0.15, 0.2) is 18.2 Å². The van der Waals surface area contributed by atoms with Gasteiger partial charge in [0, 0.05) is 6.42 Å². The van der Waals surface area contributed by atoms with Gasteiger partial charge in [-0.15, -0.1) is 0 Å². The van der Waals surface area contributed by atoms with E-state index in [0.717, 1.165) is 0 Å². The highest BCUT2D eigenvalue weighted by molar-refractivity contribution is 5.81. The van der Waals surface area contributed by atoms with Crippen LogP contribution < -0.4 is 15.2 Å². The quantitative estimate of drug-likeness (QED) is 0.261. The van der Waals surface area contributed by atoms with Gasteiger partial charge in [-0.2, -0.15) is 0 Å².